The van der Waals surface area contributed by atoms with Crippen LogP contribution < -0.4 is 4.74 Å². The van der Waals surface area contributed by atoms with Crippen LogP contribution in [0.5, 0.6) is 5.75 Å². The summed E-state index contributed by atoms with van der Waals surface area (Å²) in [6, 6.07) is 13.5. The van der Waals surface area contributed by atoms with Crippen molar-refractivity contribution in [3.05, 3.63) is 64.3 Å². The molecule has 0 fully saturated rings. The van der Waals surface area contributed by atoms with Crippen molar-refractivity contribution in [1.82, 2.24) is 4.98 Å². The van der Waals surface area contributed by atoms with E-state index in [2.05, 4.69) is 20.9 Å². The summed E-state index contributed by atoms with van der Waals surface area (Å²) in [5, 5.41) is 0.947. The molecule has 0 aliphatic rings. The molecule has 0 saturated heterocycles. The fourth-order valence-corrected chi connectivity index (χ4v) is 2.71. The number of methoxy groups -OCH3 is 1. The van der Waals surface area contributed by atoms with E-state index in [9.17, 15) is 4.79 Å². The van der Waals surface area contributed by atoms with Gasteiger partial charge in [0, 0.05) is 33.6 Å². The Hall–Kier alpha value is -2.07. The van der Waals surface area contributed by atoms with Crippen LogP contribution in [0, 0.1) is 0 Å². The number of aromatic amines is 1. The number of ketones is 1. The number of carbonyl (C=O) groups excluding carboxylic acids is 1. The number of H-pyrrole nitrogens is 1. The minimum atomic E-state index is 0.101. The summed E-state index contributed by atoms with van der Waals surface area (Å²) in [4.78, 5) is 15.6. The Morgan fingerprint density at radius 2 is 1.95 bits per heavy atom. The van der Waals surface area contributed by atoms with Crippen molar-refractivity contribution in [1.29, 1.82) is 0 Å². The van der Waals surface area contributed by atoms with E-state index < -0.39 is 0 Å². The van der Waals surface area contributed by atoms with Crippen LogP contribution in [0.2, 0.25) is 0 Å². The average molecular weight is 344 g/mol. The zero-order valence-electron chi connectivity index (χ0n) is 11.5. The number of nitrogens with one attached hydrogen (secondary N) is 1. The van der Waals surface area contributed by atoms with Gasteiger partial charge in [-0.1, -0.05) is 28.1 Å². The van der Waals surface area contributed by atoms with Gasteiger partial charge in [0.25, 0.3) is 0 Å². The highest BCUT2D eigenvalue weighted by Gasteiger charge is 2.13. The minimum Gasteiger partial charge on any atom is -0.497 e. The number of aromatic nitrogens is 1. The highest BCUT2D eigenvalue weighted by molar-refractivity contribution is 9.10. The van der Waals surface area contributed by atoms with Crippen molar-refractivity contribution < 1.29 is 9.53 Å². The van der Waals surface area contributed by atoms with Gasteiger partial charge < -0.3 is 9.72 Å². The molecule has 3 rings (SSSR count). The monoisotopic (exact) mass is 343 g/mol. The maximum absolute atomic E-state index is 12.5. The van der Waals surface area contributed by atoms with Crippen LogP contribution in [0.3, 0.4) is 0 Å². The summed E-state index contributed by atoms with van der Waals surface area (Å²) < 4.78 is 6.09. The van der Waals surface area contributed by atoms with E-state index in [0.717, 1.165) is 32.3 Å². The lowest BCUT2D eigenvalue weighted by molar-refractivity contribution is 0.0994. The molecular weight excluding hydrogens is 330 g/mol. The molecule has 0 atom stereocenters. The molecule has 1 aromatic heterocycles. The maximum Gasteiger partial charge on any atom is 0.169 e. The Labute approximate surface area is 131 Å². The molecule has 0 aliphatic carbocycles. The summed E-state index contributed by atoms with van der Waals surface area (Å²) in [5.41, 5.74) is 2.67. The van der Waals surface area contributed by atoms with Crippen LogP contribution in [0.15, 0.2) is 53.1 Å². The normalized spacial score (nSPS) is 10.8. The van der Waals surface area contributed by atoms with Crippen LogP contribution in [0.1, 0.15) is 15.9 Å². The number of Topliss-reactive ketones (excluding diaryl/α,β-unsaturated/α-hetero) is 1. The Bertz CT molecular complexity index is 790. The smallest absolute Gasteiger partial charge is 0.169 e. The SMILES string of the molecule is COc1ccc(CC(=O)c2c[nH]c3ccc(Br)cc23)cc1. The van der Waals surface area contributed by atoms with Gasteiger partial charge in [-0.25, -0.2) is 0 Å². The Morgan fingerprint density at radius 1 is 1.19 bits per heavy atom. The molecule has 1 N–H and O–H groups in total. The third kappa shape index (κ3) is 2.85. The first-order chi connectivity index (χ1) is 10.2. The molecule has 0 radical (unpaired) electrons. The van der Waals surface area contributed by atoms with E-state index in [0.29, 0.717) is 6.42 Å². The van der Waals surface area contributed by atoms with Gasteiger partial charge in [-0.3, -0.25) is 4.79 Å². The number of halogens is 1. The van der Waals surface area contributed by atoms with Gasteiger partial charge in [0.05, 0.1) is 7.11 Å². The lowest BCUT2D eigenvalue weighted by atomic mass is 10.0. The van der Waals surface area contributed by atoms with E-state index in [-0.39, 0.29) is 5.78 Å². The third-order valence-electron chi connectivity index (χ3n) is 3.47. The van der Waals surface area contributed by atoms with Crippen molar-refractivity contribution in [2.75, 3.05) is 7.11 Å². The molecular formula is C17H14BrNO2. The Morgan fingerprint density at radius 3 is 2.67 bits per heavy atom. The first-order valence-corrected chi connectivity index (χ1v) is 7.39. The maximum atomic E-state index is 12.5. The van der Waals surface area contributed by atoms with Crippen LogP contribution in [0.4, 0.5) is 0 Å². The second kappa shape index (κ2) is 5.74. The zero-order chi connectivity index (χ0) is 14.8. The summed E-state index contributed by atoms with van der Waals surface area (Å²) in [5.74, 6) is 0.895. The van der Waals surface area contributed by atoms with Crippen molar-refractivity contribution in [3.63, 3.8) is 0 Å². The molecule has 1 heterocycles. The van der Waals surface area contributed by atoms with Crippen LogP contribution in [-0.4, -0.2) is 17.9 Å². The molecule has 3 nitrogen and oxygen atoms in total. The van der Waals surface area contributed by atoms with Gasteiger partial charge in [0.2, 0.25) is 0 Å². The molecule has 0 amide bonds. The quantitative estimate of drug-likeness (QED) is 0.715. The van der Waals surface area contributed by atoms with E-state index in [1.807, 2.05) is 42.5 Å². The summed E-state index contributed by atoms with van der Waals surface area (Å²) in [7, 11) is 1.63. The number of benzene rings is 2. The van der Waals surface area contributed by atoms with Crippen molar-refractivity contribution >= 4 is 32.6 Å². The number of hydrogen-bond acceptors (Lipinski definition) is 2. The van der Waals surface area contributed by atoms with Crippen molar-refractivity contribution in [3.8, 4) is 5.75 Å². The van der Waals surface area contributed by atoms with Gasteiger partial charge >= 0.3 is 0 Å². The average Bonchev–Trinajstić information content (AvgIpc) is 2.91. The molecule has 2 aromatic carbocycles. The van der Waals surface area contributed by atoms with Gasteiger partial charge in [-0.15, -0.1) is 0 Å². The molecule has 0 aliphatic heterocycles. The van der Waals surface area contributed by atoms with Gasteiger partial charge in [-0.2, -0.15) is 0 Å². The summed E-state index contributed by atoms with van der Waals surface area (Å²) in [6.07, 6.45) is 2.16. The second-order valence-electron chi connectivity index (χ2n) is 4.84. The molecule has 0 unspecified atom stereocenters. The lowest BCUT2D eigenvalue weighted by Crippen LogP contribution is -2.02. The highest BCUT2D eigenvalue weighted by Crippen LogP contribution is 2.24. The topological polar surface area (TPSA) is 42.1 Å². The van der Waals surface area contributed by atoms with Crippen LogP contribution in [0.25, 0.3) is 10.9 Å². The Kier molecular flexibility index (Phi) is 3.80. The van der Waals surface area contributed by atoms with E-state index in [1.165, 1.54) is 0 Å². The van der Waals surface area contributed by atoms with Gasteiger partial charge in [-0.05, 0) is 35.9 Å². The first kappa shape index (κ1) is 13.9. The first-order valence-electron chi connectivity index (χ1n) is 6.60. The molecule has 0 saturated carbocycles. The third-order valence-corrected chi connectivity index (χ3v) is 3.96. The van der Waals surface area contributed by atoms with Crippen LogP contribution >= 0.6 is 15.9 Å². The molecule has 3 aromatic rings. The van der Waals surface area contributed by atoms with E-state index >= 15 is 0 Å². The predicted molar refractivity (Wildman–Crippen MR) is 87.0 cm³/mol. The molecule has 0 spiro atoms. The lowest BCUT2D eigenvalue weighted by Gasteiger charge is -2.03. The standard InChI is InChI=1S/C17H14BrNO2/c1-21-13-5-2-11(3-6-13)8-17(20)15-10-19-16-7-4-12(18)9-14(15)16/h2-7,9-10,19H,8H2,1H3. The van der Waals surface area contributed by atoms with Crippen molar-refractivity contribution in [2.24, 2.45) is 0 Å². The molecule has 0 bridgehead atoms. The Balaban J connectivity index is 1.87. The minimum absolute atomic E-state index is 0.101. The number of fused-ring (bicyclic) bond motifs is 1. The van der Waals surface area contributed by atoms with Crippen molar-refractivity contribution in [2.45, 2.75) is 6.42 Å². The fourth-order valence-electron chi connectivity index (χ4n) is 2.35. The van der Waals surface area contributed by atoms with Gasteiger partial charge in [0.15, 0.2) is 5.78 Å². The zero-order valence-corrected chi connectivity index (χ0v) is 13.1. The summed E-state index contributed by atoms with van der Waals surface area (Å²) in [6.45, 7) is 0. The highest BCUT2D eigenvalue weighted by atomic mass is 79.9. The van der Waals surface area contributed by atoms with E-state index in [4.69, 9.17) is 4.74 Å². The molecule has 106 valence electrons. The molecule has 4 heteroatoms. The fraction of sp³-hybridized carbons (Fsp3) is 0.118. The number of hydrogen-bond donors (Lipinski definition) is 1. The van der Waals surface area contributed by atoms with Crippen LogP contribution in [-0.2, 0) is 6.42 Å². The van der Waals surface area contributed by atoms with Gasteiger partial charge in [0.1, 0.15) is 5.75 Å². The number of ether oxygens (including phenoxy) is 1. The van der Waals surface area contributed by atoms with E-state index in [1.54, 1.807) is 13.3 Å². The molecule has 21 heavy (non-hydrogen) atoms. The number of carbonyl (C=O) groups is 1. The number of rotatable bonds is 4. The largest absolute Gasteiger partial charge is 0.497 e. The predicted octanol–water partition coefficient (Wildman–Crippen LogP) is 4.36. The summed E-state index contributed by atoms with van der Waals surface area (Å²) >= 11 is 3.44. The second-order valence-corrected chi connectivity index (χ2v) is 5.76.